The SMILES string of the molecule is CCCCCCCCOc1nc(-c2ccc(OCCCCCCC3CC3)cc2)ccc1-c1cnccn1. The monoisotopic (exact) mass is 501 g/mol. The molecule has 0 atom stereocenters. The molecule has 1 fully saturated rings. The lowest BCUT2D eigenvalue weighted by molar-refractivity contribution is 0.295. The number of aromatic nitrogens is 3. The Morgan fingerprint density at radius 3 is 2.19 bits per heavy atom. The minimum atomic E-state index is 0.619. The van der Waals surface area contributed by atoms with Gasteiger partial charge in [-0.05, 0) is 55.2 Å². The van der Waals surface area contributed by atoms with Crippen LogP contribution < -0.4 is 9.47 Å². The van der Waals surface area contributed by atoms with Gasteiger partial charge < -0.3 is 9.47 Å². The molecule has 1 saturated carbocycles. The standard InChI is InChI=1S/C32H43N3O2/c1-2-3-4-5-7-11-24-37-32-29(31-25-33-21-22-34-31)19-20-30(35-32)27-15-17-28(18-16-27)36-23-10-8-6-9-12-26-13-14-26/h15-22,25-26H,2-14,23-24H2,1H3. The molecule has 2 heterocycles. The third-order valence-corrected chi connectivity index (χ3v) is 7.06. The maximum absolute atomic E-state index is 6.19. The van der Waals surface area contributed by atoms with E-state index in [-0.39, 0.29) is 0 Å². The van der Waals surface area contributed by atoms with E-state index in [4.69, 9.17) is 14.5 Å². The van der Waals surface area contributed by atoms with Gasteiger partial charge in [-0.25, -0.2) is 4.98 Å². The van der Waals surface area contributed by atoms with Gasteiger partial charge in [0.1, 0.15) is 5.75 Å². The van der Waals surface area contributed by atoms with Crippen LogP contribution in [0, 0.1) is 5.92 Å². The van der Waals surface area contributed by atoms with Gasteiger partial charge >= 0.3 is 0 Å². The Kier molecular flexibility index (Phi) is 11.2. The maximum Gasteiger partial charge on any atom is 0.223 e. The van der Waals surface area contributed by atoms with Gasteiger partial charge in [-0.3, -0.25) is 9.97 Å². The Balaban J connectivity index is 1.31. The summed E-state index contributed by atoms with van der Waals surface area (Å²) in [7, 11) is 0. The summed E-state index contributed by atoms with van der Waals surface area (Å²) < 4.78 is 12.2. The van der Waals surface area contributed by atoms with Gasteiger partial charge in [0.25, 0.3) is 0 Å². The lowest BCUT2D eigenvalue weighted by Crippen LogP contribution is -2.02. The van der Waals surface area contributed by atoms with Crippen LogP contribution in [0.15, 0.2) is 55.0 Å². The highest BCUT2D eigenvalue weighted by molar-refractivity contribution is 5.69. The number of pyridine rings is 1. The number of ether oxygens (including phenoxy) is 2. The summed E-state index contributed by atoms with van der Waals surface area (Å²) >= 11 is 0. The van der Waals surface area contributed by atoms with Crippen molar-refractivity contribution in [3.63, 3.8) is 0 Å². The zero-order valence-corrected chi connectivity index (χ0v) is 22.5. The van der Waals surface area contributed by atoms with Crippen LogP contribution in [0.5, 0.6) is 11.6 Å². The zero-order valence-electron chi connectivity index (χ0n) is 22.5. The van der Waals surface area contributed by atoms with Crippen LogP contribution in [-0.2, 0) is 0 Å². The molecule has 1 aromatic carbocycles. The van der Waals surface area contributed by atoms with E-state index in [1.807, 2.05) is 24.3 Å². The molecular weight excluding hydrogens is 458 g/mol. The first-order chi connectivity index (χ1) is 18.3. The van der Waals surface area contributed by atoms with Crippen molar-refractivity contribution in [2.75, 3.05) is 13.2 Å². The molecule has 0 radical (unpaired) electrons. The van der Waals surface area contributed by atoms with Crippen LogP contribution in [0.25, 0.3) is 22.5 Å². The van der Waals surface area contributed by atoms with Gasteiger partial charge in [0.05, 0.1) is 36.4 Å². The fraction of sp³-hybridized carbons (Fsp3) is 0.531. The largest absolute Gasteiger partial charge is 0.494 e. The third-order valence-electron chi connectivity index (χ3n) is 7.06. The molecule has 0 spiro atoms. The first-order valence-electron chi connectivity index (χ1n) is 14.5. The van der Waals surface area contributed by atoms with E-state index in [1.54, 1.807) is 18.6 Å². The Hall–Kier alpha value is -2.95. The Morgan fingerprint density at radius 2 is 1.46 bits per heavy atom. The van der Waals surface area contributed by atoms with Gasteiger partial charge in [0, 0.05) is 18.0 Å². The number of nitrogens with zero attached hydrogens (tertiary/aromatic N) is 3. The summed E-state index contributed by atoms with van der Waals surface area (Å²) in [5, 5.41) is 0. The van der Waals surface area contributed by atoms with Crippen molar-refractivity contribution in [2.24, 2.45) is 5.92 Å². The summed E-state index contributed by atoms with van der Waals surface area (Å²) in [5.41, 5.74) is 3.58. The highest BCUT2D eigenvalue weighted by atomic mass is 16.5. The second-order valence-corrected chi connectivity index (χ2v) is 10.3. The van der Waals surface area contributed by atoms with E-state index in [9.17, 15) is 0 Å². The predicted octanol–water partition coefficient (Wildman–Crippen LogP) is 8.68. The summed E-state index contributed by atoms with van der Waals surface area (Å²) in [6.45, 7) is 3.68. The van der Waals surface area contributed by atoms with Gasteiger partial charge in [-0.15, -0.1) is 0 Å². The third kappa shape index (κ3) is 9.46. The molecule has 0 bridgehead atoms. The van der Waals surface area contributed by atoms with E-state index in [0.717, 1.165) is 53.6 Å². The minimum absolute atomic E-state index is 0.619. The van der Waals surface area contributed by atoms with E-state index >= 15 is 0 Å². The number of hydrogen-bond acceptors (Lipinski definition) is 5. The van der Waals surface area contributed by atoms with Crippen LogP contribution in [0.3, 0.4) is 0 Å². The zero-order chi connectivity index (χ0) is 25.5. The van der Waals surface area contributed by atoms with E-state index in [1.165, 1.54) is 70.6 Å². The summed E-state index contributed by atoms with van der Waals surface area (Å²) in [6.07, 6.45) is 22.0. The molecule has 0 aliphatic heterocycles. The van der Waals surface area contributed by atoms with Crippen molar-refractivity contribution in [2.45, 2.75) is 90.4 Å². The number of benzene rings is 1. The first-order valence-corrected chi connectivity index (χ1v) is 14.5. The van der Waals surface area contributed by atoms with Crippen LogP contribution in [0.1, 0.15) is 90.4 Å². The quantitative estimate of drug-likeness (QED) is 0.163. The molecule has 5 heteroatoms. The van der Waals surface area contributed by atoms with Crippen LogP contribution in [-0.4, -0.2) is 28.2 Å². The van der Waals surface area contributed by atoms with Crippen LogP contribution >= 0.6 is 0 Å². The fourth-order valence-corrected chi connectivity index (χ4v) is 4.60. The normalized spacial score (nSPS) is 13.0. The van der Waals surface area contributed by atoms with Crippen molar-refractivity contribution < 1.29 is 9.47 Å². The number of unbranched alkanes of at least 4 members (excludes halogenated alkanes) is 8. The smallest absolute Gasteiger partial charge is 0.223 e. The molecule has 37 heavy (non-hydrogen) atoms. The molecule has 0 unspecified atom stereocenters. The molecule has 0 amide bonds. The summed E-state index contributed by atoms with van der Waals surface area (Å²) in [4.78, 5) is 13.6. The van der Waals surface area contributed by atoms with E-state index in [2.05, 4.69) is 29.0 Å². The lowest BCUT2D eigenvalue weighted by atomic mass is 10.1. The molecule has 2 aromatic heterocycles. The first kappa shape index (κ1) is 27.1. The van der Waals surface area contributed by atoms with Gasteiger partial charge in [0.15, 0.2) is 0 Å². The average Bonchev–Trinajstić information content (AvgIpc) is 3.77. The predicted molar refractivity (Wildman–Crippen MR) is 151 cm³/mol. The topological polar surface area (TPSA) is 57.1 Å². The van der Waals surface area contributed by atoms with Crippen molar-refractivity contribution in [3.8, 4) is 34.1 Å². The van der Waals surface area contributed by atoms with Crippen molar-refractivity contribution in [3.05, 3.63) is 55.0 Å². The molecule has 1 aliphatic carbocycles. The Morgan fingerprint density at radius 1 is 0.730 bits per heavy atom. The minimum Gasteiger partial charge on any atom is -0.494 e. The highest BCUT2D eigenvalue weighted by Crippen LogP contribution is 2.34. The average molecular weight is 502 g/mol. The van der Waals surface area contributed by atoms with Crippen molar-refractivity contribution in [1.29, 1.82) is 0 Å². The molecular formula is C32H43N3O2. The summed E-state index contributed by atoms with van der Waals surface area (Å²) in [5.74, 6) is 2.58. The number of rotatable bonds is 18. The number of hydrogen-bond donors (Lipinski definition) is 0. The van der Waals surface area contributed by atoms with Crippen LogP contribution in [0.2, 0.25) is 0 Å². The molecule has 3 aromatic rings. The van der Waals surface area contributed by atoms with E-state index < -0.39 is 0 Å². The molecule has 198 valence electrons. The highest BCUT2D eigenvalue weighted by Gasteiger charge is 2.19. The molecule has 4 rings (SSSR count). The van der Waals surface area contributed by atoms with Gasteiger partial charge in [-0.2, -0.15) is 0 Å². The Labute approximate surface area is 223 Å². The second-order valence-electron chi connectivity index (χ2n) is 10.3. The molecule has 1 aliphatic rings. The molecule has 0 N–H and O–H groups in total. The van der Waals surface area contributed by atoms with Gasteiger partial charge in [0.2, 0.25) is 5.88 Å². The summed E-state index contributed by atoms with van der Waals surface area (Å²) in [6, 6.07) is 12.3. The van der Waals surface area contributed by atoms with Crippen molar-refractivity contribution >= 4 is 0 Å². The fourth-order valence-electron chi connectivity index (χ4n) is 4.60. The maximum atomic E-state index is 6.19. The Bertz CT molecular complexity index is 1040. The van der Waals surface area contributed by atoms with Crippen molar-refractivity contribution in [1.82, 2.24) is 15.0 Å². The van der Waals surface area contributed by atoms with Crippen LogP contribution in [0.4, 0.5) is 0 Å². The molecule has 0 saturated heterocycles. The van der Waals surface area contributed by atoms with Gasteiger partial charge in [-0.1, -0.05) is 77.6 Å². The lowest BCUT2D eigenvalue weighted by Gasteiger charge is -2.12. The molecule has 5 nitrogen and oxygen atoms in total. The van der Waals surface area contributed by atoms with E-state index in [0.29, 0.717) is 12.5 Å². The second kappa shape index (κ2) is 15.3.